The fourth-order valence-corrected chi connectivity index (χ4v) is 2.16. The SMILES string of the molecule is COc1ccc(C(=O)Nc2ccc(SC)cc2)cc1N. The van der Waals surface area contributed by atoms with Gasteiger partial charge in [0.15, 0.2) is 0 Å². The van der Waals surface area contributed by atoms with Crippen molar-refractivity contribution in [1.82, 2.24) is 0 Å². The first-order valence-corrected chi connectivity index (χ1v) is 7.25. The van der Waals surface area contributed by atoms with Crippen LogP contribution in [-0.2, 0) is 0 Å². The number of benzene rings is 2. The Bertz CT molecular complexity index is 612. The van der Waals surface area contributed by atoms with Crippen molar-refractivity contribution < 1.29 is 9.53 Å². The minimum Gasteiger partial charge on any atom is -0.495 e. The van der Waals surface area contributed by atoms with Crippen molar-refractivity contribution in [2.75, 3.05) is 24.4 Å². The van der Waals surface area contributed by atoms with Crippen LogP contribution in [0.5, 0.6) is 5.75 Å². The van der Waals surface area contributed by atoms with Crippen LogP contribution in [0.2, 0.25) is 0 Å². The Hall–Kier alpha value is -2.14. The van der Waals surface area contributed by atoms with Gasteiger partial charge in [-0.1, -0.05) is 0 Å². The van der Waals surface area contributed by atoms with Crippen LogP contribution in [0.3, 0.4) is 0 Å². The zero-order chi connectivity index (χ0) is 14.5. The van der Waals surface area contributed by atoms with Crippen molar-refractivity contribution >= 4 is 29.0 Å². The molecule has 0 atom stereocenters. The molecule has 2 aromatic rings. The second-order valence-electron chi connectivity index (χ2n) is 4.14. The summed E-state index contributed by atoms with van der Waals surface area (Å²) in [5.41, 5.74) is 7.49. The molecular formula is C15H16N2O2S. The first-order valence-electron chi connectivity index (χ1n) is 6.03. The molecule has 0 saturated heterocycles. The number of carbonyl (C=O) groups excluding carboxylic acids is 1. The lowest BCUT2D eigenvalue weighted by Gasteiger charge is -2.08. The van der Waals surface area contributed by atoms with Crippen LogP contribution < -0.4 is 15.8 Å². The number of rotatable bonds is 4. The maximum atomic E-state index is 12.1. The van der Waals surface area contributed by atoms with Crippen LogP contribution in [0, 0.1) is 0 Å². The summed E-state index contributed by atoms with van der Waals surface area (Å²) in [7, 11) is 1.54. The molecule has 1 amide bonds. The van der Waals surface area contributed by atoms with Gasteiger partial charge in [0.2, 0.25) is 0 Å². The van der Waals surface area contributed by atoms with Gasteiger partial charge < -0.3 is 15.8 Å². The fraction of sp³-hybridized carbons (Fsp3) is 0.133. The van der Waals surface area contributed by atoms with Crippen molar-refractivity contribution in [3.63, 3.8) is 0 Å². The van der Waals surface area contributed by atoms with Crippen molar-refractivity contribution in [2.45, 2.75) is 4.90 Å². The largest absolute Gasteiger partial charge is 0.495 e. The van der Waals surface area contributed by atoms with E-state index in [1.165, 1.54) is 0 Å². The molecule has 0 radical (unpaired) electrons. The van der Waals surface area contributed by atoms with Crippen molar-refractivity contribution in [1.29, 1.82) is 0 Å². The molecule has 0 unspecified atom stereocenters. The number of ether oxygens (including phenoxy) is 1. The van der Waals surface area contributed by atoms with Crippen LogP contribution in [0.15, 0.2) is 47.4 Å². The highest BCUT2D eigenvalue weighted by atomic mass is 32.2. The summed E-state index contributed by atoms with van der Waals surface area (Å²) < 4.78 is 5.06. The number of nitrogen functional groups attached to an aromatic ring is 1. The highest BCUT2D eigenvalue weighted by Crippen LogP contribution is 2.23. The third-order valence-corrected chi connectivity index (χ3v) is 3.58. The molecule has 0 aliphatic heterocycles. The topological polar surface area (TPSA) is 64.3 Å². The normalized spacial score (nSPS) is 10.1. The van der Waals surface area contributed by atoms with E-state index in [1.54, 1.807) is 37.1 Å². The molecule has 0 fully saturated rings. The third kappa shape index (κ3) is 3.24. The van der Waals surface area contributed by atoms with Gasteiger partial charge in [0, 0.05) is 16.1 Å². The van der Waals surface area contributed by atoms with Crippen molar-refractivity contribution in [3.05, 3.63) is 48.0 Å². The predicted molar refractivity (Wildman–Crippen MR) is 83.6 cm³/mol. The minimum absolute atomic E-state index is 0.198. The van der Waals surface area contributed by atoms with Gasteiger partial charge in [0.05, 0.1) is 12.8 Å². The van der Waals surface area contributed by atoms with Crippen LogP contribution in [0.25, 0.3) is 0 Å². The van der Waals surface area contributed by atoms with Crippen LogP contribution in [0.4, 0.5) is 11.4 Å². The number of hydrogen-bond donors (Lipinski definition) is 2. The summed E-state index contributed by atoms with van der Waals surface area (Å²) in [5.74, 6) is 0.363. The first kappa shape index (κ1) is 14.3. The lowest BCUT2D eigenvalue weighted by atomic mass is 10.1. The van der Waals surface area contributed by atoms with E-state index in [9.17, 15) is 4.79 Å². The van der Waals surface area contributed by atoms with Gasteiger partial charge in [-0.3, -0.25) is 4.79 Å². The molecule has 0 saturated carbocycles. The van der Waals surface area contributed by atoms with Gasteiger partial charge in [-0.05, 0) is 48.7 Å². The molecule has 0 heterocycles. The highest BCUT2D eigenvalue weighted by molar-refractivity contribution is 7.98. The average Bonchev–Trinajstić information content (AvgIpc) is 2.48. The van der Waals surface area contributed by atoms with E-state index in [0.717, 1.165) is 10.6 Å². The molecule has 3 N–H and O–H groups in total. The van der Waals surface area contributed by atoms with E-state index in [-0.39, 0.29) is 5.91 Å². The lowest BCUT2D eigenvalue weighted by Crippen LogP contribution is -2.12. The van der Waals surface area contributed by atoms with E-state index in [1.807, 2.05) is 30.5 Å². The number of amides is 1. The zero-order valence-corrected chi connectivity index (χ0v) is 12.2. The highest BCUT2D eigenvalue weighted by Gasteiger charge is 2.08. The summed E-state index contributed by atoms with van der Waals surface area (Å²) in [6.45, 7) is 0. The smallest absolute Gasteiger partial charge is 0.255 e. The average molecular weight is 288 g/mol. The number of hydrogen-bond acceptors (Lipinski definition) is 4. The standard InChI is InChI=1S/C15H16N2O2S/c1-19-14-8-3-10(9-13(14)16)15(18)17-11-4-6-12(20-2)7-5-11/h3-9H,16H2,1-2H3,(H,17,18). The number of nitrogens with two attached hydrogens (primary N) is 1. The van der Waals surface area contributed by atoms with E-state index in [2.05, 4.69) is 5.32 Å². The Kier molecular flexibility index (Phi) is 4.53. The van der Waals surface area contributed by atoms with Gasteiger partial charge >= 0.3 is 0 Å². The summed E-state index contributed by atoms with van der Waals surface area (Å²) in [6, 6.07) is 12.6. The number of anilines is 2. The summed E-state index contributed by atoms with van der Waals surface area (Å²) in [5, 5.41) is 2.83. The molecule has 0 aromatic heterocycles. The zero-order valence-electron chi connectivity index (χ0n) is 11.3. The molecule has 5 heteroatoms. The second-order valence-corrected chi connectivity index (χ2v) is 5.02. The lowest BCUT2D eigenvalue weighted by molar-refractivity contribution is 0.102. The monoisotopic (exact) mass is 288 g/mol. The molecule has 0 spiro atoms. The molecule has 0 bridgehead atoms. The molecule has 104 valence electrons. The Morgan fingerprint density at radius 1 is 1.20 bits per heavy atom. The number of nitrogens with one attached hydrogen (secondary N) is 1. The van der Waals surface area contributed by atoms with Crippen molar-refractivity contribution in [3.8, 4) is 5.75 Å². The number of thioether (sulfide) groups is 1. The molecule has 20 heavy (non-hydrogen) atoms. The predicted octanol–water partition coefficient (Wildman–Crippen LogP) is 3.25. The molecule has 0 aliphatic rings. The van der Waals surface area contributed by atoms with Crippen LogP contribution in [0.1, 0.15) is 10.4 Å². The third-order valence-electron chi connectivity index (χ3n) is 2.84. The molecule has 4 nitrogen and oxygen atoms in total. The Morgan fingerprint density at radius 2 is 1.90 bits per heavy atom. The van der Waals surface area contributed by atoms with Gasteiger partial charge in [-0.25, -0.2) is 0 Å². The quantitative estimate of drug-likeness (QED) is 0.669. The van der Waals surface area contributed by atoms with Gasteiger partial charge in [-0.15, -0.1) is 11.8 Å². The van der Waals surface area contributed by atoms with Gasteiger partial charge in [0.1, 0.15) is 5.75 Å². The van der Waals surface area contributed by atoms with Gasteiger partial charge in [-0.2, -0.15) is 0 Å². The fourth-order valence-electron chi connectivity index (χ4n) is 1.75. The summed E-state index contributed by atoms with van der Waals surface area (Å²) in [4.78, 5) is 13.3. The summed E-state index contributed by atoms with van der Waals surface area (Å²) in [6.07, 6.45) is 2.01. The van der Waals surface area contributed by atoms with E-state index in [4.69, 9.17) is 10.5 Å². The number of carbonyl (C=O) groups is 1. The van der Waals surface area contributed by atoms with Crippen LogP contribution >= 0.6 is 11.8 Å². The molecule has 2 rings (SSSR count). The Labute approximate surface area is 122 Å². The van der Waals surface area contributed by atoms with E-state index < -0.39 is 0 Å². The first-order chi connectivity index (χ1) is 9.63. The Balaban J connectivity index is 2.12. The van der Waals surface area contributed by atoms with Gasteiger partial charge in [0.25, 0.3) is 5.91 Å². The molecule has 0 aliphatic carbocycles. The maximum absolute atomic E-state index is 12.1. The van der Waals surface area contributed by atoms with Crippen molar-refractivity contribution in [2.24, 2.45) is 0 Å². The summed E-state index contributed by atoms with van der Waals surface area (Å²) >= 11 is 1.66. The minimum atomic E-state index is -0.198. The van der Waals surface area contributed by atoms with E-state index >= 15 is 0 Å². The van der Waals surface area contributed by atoms with Crippen LogP contribution in [-0.4, -0.2) is 19.3 Å². The molecule has 2 aromatic carbocycles. The Morgan fingerprint density at radius 3 is 2.45 bits per heavy atom. The van der Waals surface area contributed by atoms with E-state index in [0.29, 0.717) is 17.0 Å². The maximum Gasteiger partial charge on any atom is 0.255 e. The second kappa shape index (κ2) is 6.34. The molecular weight excluding hydrogens is 272 g/mol. The number of methoxy groups -OCH3 is 1.